The molecule has 7 nitrogen and oxygen atoms in total. The molecule has 0 spiro atoms. The molecule has 27 heavy (non-hydrogen) atoms. The lowest BCUT2D eigenvalue weighted by atomic mass is 9.98. The molecule has 1 aromatic carbocycles. The molecule has 1 aromatic heterocycles. The summed E-state index contributed by atoms with van der Waals surface area (Å²) in [6.07, 6.45) is 1.98. The third-order valence-electron chi connectivity index (χ3n) is 4.67. The topological polar surface area (TPSA) is 89.8 Å². The average molecular weight is 388 g/mol. The van der Waals surface area contributed by atoms with Gasteiger partial charge in [0.15, 0.2) is 6.61 Å². The molecular weight excluding hydrogens is 368 g/mol. The summed E-state index contributed by atoms with van der Waals surface area (Å²) >= 11 is 1.27. The molecule has 2 heterocycles. The summed E-state index contributed by atoms with van der Waals surface area (Å²) in [7, 11) is 0. The molecule has 0 N–H and O–H groups in total. The SMILES string of the molecule is CC1CCN(c2ccc([N+](=O)[O-])cc2C(=O)OCC(=O)c2cccs2)CC1. The first-order valence-electron chi connectivity index (χ1n) is 8.73. The number of carbonyl (C=O) groups is 2. The summed E-state index contributed by atoms with van der Waals surface area (Å²) in [6.45, 7) is 3.33. The number of Topliss-reactive ketones (excluding diaryl/α,β-unsaturated/α-hetero) is 1. The zero-order valence-electron chi connectivity index (χ0n) is 14.9. The monoisotopic (exact) mass is 388 g/mol. The van der Waals surface area contributed by atoms with Gasteiger partial charge in [-0.3, -0.25) is 14.9 Å². The first-order valence-corrected chi connectivity index (χ1v) is 9.61. The highest BCUT2D eigenvalue weighted by molar-refractivity contribution is 7.12. The van der Waals surface area contributed by atoms with Crippen LogP contribution in [0.2, 0.25) is 0 Å². The van der Waals surface area contributed by atoms with E-state index in [1.54, 1.807) is 23.6 Å². The van der Waals surface area contributed by atoms with Crippen LogP contribution in [0, 0.1) is 16.0 Å². The Morgan fingerprint density at radius 2 is 2.04 bits per heavy atom. The Morgan fingerprint density at radius 3 is 2.67 bits per heavy atom. The molecule has 0 amide bonds. The molecule has 0 saturated carbocycles. The maximum atomic E-state index is 12.6. The molecule has 8 heteroatoms. The Kier molecular flexibility index (Phi) is 5.85. The van der Waals surface area contributed by atoms with Gasteiger partial charge in [-0.25, -0.2) is 4.79 Å². The van der Waals surface area contributed by atoms with Crippen molar-refractivity contribution >= 4 is 34.5 Å². The summed E-state index contributed by atoms with van der Waals surface area (Å²) in [5, 5.41) is 12.9. The zero-order chi connectivity index (χ0) is 19.4. The molecule has 0 aliphatic carbocycles. The van der Waals surface area contributed by atoms with Crippen molar-refractivity contribution in [3.63, 3.8) is 0 Å². The number of carbonyl (C=O) groups excluding carboxylic acids is 2. The van der Waals surface area contributed by atoms with Crippen LogP contribution in [0.25, 0.3) is 0 Å². The van der Waals surface area contributed by atoms with Gasteiger partial charge in [0.1, 0.15) is 0 Å². The number of non-ortho nitro benzene ring substituents is 1. The van der Waals surface area contributed by atoms with Gasteiger partial charge in [0, 0.05) is 25.2 Å². The van der Waals surface area contributed by atoms with Crippen molar-refractivity contribution in [2.24, 2.45) is 5.92 Å². The molecule has 1 aliphatic heterocycles. The molecule has 0 bridgehead atoms. The maximum Gasteiger partial charge on any atom is 0.340 e. The number of rotatable bonds is 6. The smallest absolute Gasteiger partial charge is 0.340 e. The van der Waals surface area contributed by atoms with Crippen molar-refractivity contribution < 1.29 is 19.2 Å². The third kappa shape index (κ3) is 4.51. The lowest BCUT2D eigenvalue weighted by Gasteiger charge is -2.33. The van der Waals surface area contributed by atoms with E-state index in [2.05, 4.69) is 6.92 Å². The number of nitro benzene ring substituents is 1. The number of esters is 1. The van der Waals surface area contributed by atoms with E-state index in [4.69, 9.17) is 4.74 Å². The van der Waals surface area contributed by atoms with Gasteiger partial charge in [0.05, 0.1) is 21.1 Å². The highest BCUT2D eigenvalue weighted by atomic mass is 32.1. The quantitative estimate of drug-likeness (QED) is 0.322. The minimum absolute atomic E-state index is 0.123. The molecular formula is C19H20N2O5S. The minimum Gasteiger partial charge on any atom is -0.454 e. The van der Waals surface area contributed by atoms with Crippen LogP contribution in [0.4, 0.5) is 11.4 Å². The minimum atomic E-state index is -0.725. The fourth-order valence-corrected chi connectivity index (χ4v) is 3.69. The van der Waals surface area contributed by atoms with Crippen LogP contribution >= 0.6 is 11.3 Å². The van der Waals surface area contributed by atoms with E-state index >= 15 is 0 Å². The lowest BCUT2D eigenvalue weighted by molar-refractivity contribution is -0.384. The van der Waals surface area contributed by atoms with Crippen LogP contribution < -0.4 is 4.90 Å². The van der Waals surface area contributed by atoms with E-state index in [1.165, 1.54) is 23.5 Å². The van der Waals surface area contributed by atoms with E-state index in [0.29, 0.717) is 16.5 Å². The van der Waals surface area contributed by atoms with Crippen LogP contribution in [0.15, 0.2) is 35.7 Å². The molecule has 2 aromatic rings. The van der Waals surface area contributed by atoms with Crippen molar-refractivity contribution in [2.75, 3.05) is 24.6 Å². The molecule has 1 fully saturated rings. The zero-order valence-corrected chi connectivity index (χ0v) is 15.7. The number of benzene rings is 1. The van der Waals surface area contributed by atoms with Gasteiger partial charge >= 0.3 is 5.97 Å². The summed E-state index contributed by atoms with van der Waals surface area (Å²) < 4.78 is 5.17. The number of nitro groups is 1. The number of piperidine rings is 1. The fraction of sp³-hybridized carbons (Fsp3) is 0.368. The predicted octanol–water partition coefficient (Wildman–Crippen LogP) is 3.93. The van der Waals surface area contributed by atoms with Gasteiger partial charge in [-0.15, -0.1) is 11.3 Å². The Balaban J connectivity index is 1.80. The van der Waals surface area contributed by atoms with Crippen LogP contribution in [-0.4, -0.2) is 36.4 Å². The number of thiophene rings is 1. The van der Waals surface area contributed by atoms with E-state index in [0.717, 1.165) is 25.9 Å². The van der Waals surface area contributed by atoms with Crippen LogP contribution in [0.5, 0.6) is 0 Å². The van der Waals surface area contributed by atoms with Crippen molar-refractivity contribution in [3.05, 3.63) is 56.3 Å². The van der Waals surface area contributed by atoms with Crippen molar-refractivity contribution in [2.45, 2.75) is 19.8 Å². The summed E-state index contributed by atoms with van der Waals surface area (Å²) in [4.78, 5) is 37.8. The second-order valence-corrected chi connectivity index (χ2v) is 7.55. The molecule has 1 saturated heterocycles. The van der Waals surface area contributed by atoms with Gasteiger partial charge in [-0.05, 0) is 36.3 Å². The van der Waals surface area contributed by atoms with E-state index in [1.807, 2.05) is 4.90 Å². The second-order valence-electron chi connectivity index (χ2n) is 6.60. The molecule has 1 aliphatic rings. The number of anilines is 1. The average Bonchev–Trinajstić information content (AvgIpc) is 3.21. The van der Waals surface area contributed by atoms with Gasteiger partial charge < -0.3 is 9.64 Å². The second kappa shape index (κ2) is 8.30. The molecule has 0 atom stereocenters. The number of ether oxygens (including phenoxy) is 1. The largest absolute Gasteiger partial charge is 0.454 e. The Labute approximate surface area is 160 Å². The normalized spacial score (nSPS) is 14.8. The first kappa shape index (κ1) is 19.0. The van der Waals surface area contributed by atoms with Gasteiger partial charge in [0.2, 0.25) is 5.78 Å². The van der Waals surface area contributed by atoms with Crippen molar-refractivity contribution in [3.8, 4) is 0 Å². The van der Waals surface area contributed by atoms with Gasteiger partial charge in [-0.2, -0.15) is 0 Å². The number of hydrogen-bond donors (Lipinski definition) is 0. The van der Waals surface area contributed by atoms with E-state index in [9.17, 15) is 19.7 Å². The van der Waals surface area contributed by atoms with Gasteiger partial charge in [0.25, 0.3) is 5.69 Å². The first-order chi connectivity index (χ1) is 13.0. The Hall–Kier alpha value is -2.74. The third-order valence-corrected chi connectivity index (χ3v) is 5.58. The van der Waals surface area contributed by atoms with E-state index in [-0.39, 0.29) is 17.0 Å². The number of nitrogens with zero attached hydrogens (tertiary/aromatic N) is 2. The molecule has 0 radical (unpaired) electrons. The predicted molar refractivity (Wildman–Crippen MR) is 103 cm³/mol. The molecule has 3 rings (SSSR count). The molecule has 0 unspecified atom stereocenters. The Bertz CT molecular complexity index is 842. The standard InChI is InChI=1S/C19H20N2O5S/c1-13-6-8-20(9-7-13)16-5-4-14(21(24)25)11-15(16)19(23)26-12-17(22)18-3-2-10-27-18/h2-5,10-11,13H,6-9,12H2,1H3. The van der Waals surface area contributed by atoms with Crippen LogP contribution in [0.1, 0.15) is 39.8 Å². The summed E-state index contributed by atoms with van der Waals surface area (Å²) in [5.41, 5.74) is 0.555. The summed E-state index contributed by atoms with van der Waals surface area (Å²) in [6, 6.07) is 7.61. The highest BCUT2D eigenvalue weighted by Gasteiger charge is 2.25. The van der Waals surface area contributed by atoms with Crippen LogP contribution in [0.3, 0.4) is 0 Å². The Morgan fingerprint density at radius 1 is 1.30 bits per heavy atom. The van der Waals surface area contributed by atoms with Gasteiger partial charge in [-0.1, -0.05) is 13.0 Å². The van der Waals surface area contributed by atoms with Crippen LogP contribution in [-0.2, 0) is 4.74 Å². The van der Waals surface area contributed by atoms with E-state index < -0.39 is 17.5 Å². The number of ketones is 1. The highest BCUT2D eigenvalue weighted by Crippen LogP contribution is 2.30. The fourth-order valence-electron chi connectivity index (χ4n) is 3.04. The maximum absolute atomic E-state index is 12.6. The lowest BCUT2D eigenvalue weighted by Crippen LogP contribution is -2.34. The summed E-state index contributed by atoms with van der Waals surface area (Å²) in [5.74, 6) is -0.410. The molecule has 142 valence electrons. The number of hydrogen-bond acceptors (Lipinski definition) is 7. The van der Waals surface area contributed by atoms with Crippen molar-refractivity contribution in [1.82, 2.24) is 0 Å². The van der Waals surface area contributed by atoms with Crippen molar-refractivity contribution in [1.29, 1.82) is 0 Å².